The van der Waals surface area contributed by atoms with E-state index >= 15 is 0 Å². The quantitative estimate of drug-likeness (QED) is 0.457. The third-order valence-corrected chi connectivity index (χ3v) is 2.46. The number of carbonyl (C=O) groups is 1. The minimum atomic E-state index is -4.88. The Bertz CT molecular complexity index is 378. The summed E-state index contributed by atoms with van der Waals surface area (Å²) in [7, 11) is -4.88. The van der Waals surface area contributed by atoms with Gasteiger partial charge in [-0.2, -0.15) is 0 Å². The molecule has 0 radical (unpaired) electrons. The predicted molar refractivity (Wildman–Crippen MR) is 53.4 cm³/mol. The molecule has 0 saturated heterocycles. The van der Waals surface area contributed by atoms with Gasteiger partial charge in [0.15, 0.2) is 0 Å². The number of hydrogen-bond donors (Lipinski definition) is 2. The molecular formula is C9H11NNaO4P. The number of rotatable bonds is 4. The van der Waals surface area contributed by atoms with Crippen LogP contribution in [-0.4, -0.2) is 17.1 Å². The molecule has 0 aromatic heterocycles. The third kappa shape index (κ3) is 5.80. The minimum Gasteiger partial charge on any atom is -0.772 e. The zero-order chi connectivity index (χ0) is 11.3. The van der Waals surface area contributed by atoms with E-state index in [2.05, 4.69) is 5.32 Å². The molecule has 0 aliphatic rings. The first-order valence-electron chi connectivity index (χ1n) is 4.36. The van der Waals surface area contributed by atoms with Crippen molar-refractivity contribution in [2.45, 2.75) is 6.42 Å². The van der Waals surface area contributed by atoms with Crippen LogP contribution >= 0.6 is 7.60 Å². The van der Waals surface area contributed by atoms with Crippen LogP contribution < -0.4 is 39.8 Å². The number of carbonyl (C=O) groups excluding carboxylic acids is 1. The molecule has 0 spiro atoms. The number of hydrogen-bond acceptors (Lipinski definition) is 3. The zero-order valence-corrected chi connectivity index (χ0v) is 11.8. The van der Waals surface area contributed by atoms with E-state index in [-0.39, 0.29) is 36.1 Å². The van der Waals surface area contributed by atoms with E-state index in [1.54, 1.807) is 0 Å². The Morgan fingerprint density at radius 2 is 1.94 bits per heavy atom. The minimum absolute atomic E-state index is 0. The van der Waals surface area contributed by atoms with Gasteiger partial charge in [-0.3, -0.25) is 9.36 Å². The van der Waals surface area contributed by atoms with Gasteiger partial charge >= 0.3 is 29.6 Å². The summed E-state index contributed by atoms with van der Waals surface area (Å²) >= 11 is 0. The Hall–Kier alpha value is -0.160. The van der Waals surface area contributed by atoms with Gasteiger partial charge in [-0.1, -0.05) is 30.3 Å². The van der Waals surface area contributed by atoms with Gasteiger partial charge in [0, 0.05) is 6.54 Å². The van der Waals surface area contributed by atoms with Crippen LogP contribution in [0.2, 0.25) is 0 Å². The van der Waals surface area contributed by atoms with Gasteiger partial charge in [-0.15, -0.1) is 0 Å². The number of nitrogens with one attached hydrogen (secondary N) is 1. The largest absolute Gasteiger partial charge is 1.00 e. The molecule has 82 valence electrons. The van der Waals surface area contributed by atoms with Crippen molar-refractivity contribution in [2.75, 3.05) is 6.54 Å². The second-order valence-electron chi connectivity index (χ2n) is 2.99. The van der Waals surface area contributed by atoms with Crippen molar-refractivity contribution in [3.8, 4) is 0 Å². The molecule has 0 aliphatic carbocycles. The normalized spacial score (nSPS) is 13.4. The Morgan fingerprint density at radius 3 is 2.44 bits per heavy atom. The van der Waals surface area contributed by atoms with Crippen LogP contribution in [0.4, 0.5) is 4.79 Å². The van der Waals surface area contributed by atoms with Crippen LogP contribution in [0.5, 0.6) is 0 Å². The van der Waals surface area contributed by atoms with E-state index in [4.69, 9.17) is 4.89 Å². The predicted octanol–water partition coefficient (Wildman–Crippen LogP) is -2.51. The second-order valence-corrected chi connectivity index (χ2v) is 4.43. The van der Waals surface area contributed by atoms with Crippen molar-refractivity contribution in [3.05, 3.63) is 35.9 Å². The summed E-state index contributed by atoms with van der Waals surface area (Å²) in [6, 6.07) is 9.29. The molecule has 0 heterocycles. The second kappa shape index (κ2) is 7.22. The summed E-state index contributed by atoms with van der Waals surface area (Å²) in [5.74, 6) is 0. The molecule has 16 heavy (non-hydrogen) atoms. The Morgan fingerprint density at radius 1 is 1.38 bits per heavy atom. The van der Waals surface area contributed by atoms with Crippen molar-refractivity contribution in [2.24, 2.45) is 0 Å². The average Bonchev–Trinajstić information content (AvgIpc) is 2.18. The molecule has 5 nitrogen and oxygen atoms in total. The van der Waals surface area contributed by atoms with Gasteiger partial charge in [-0.05, 0) is 12.0 Å². The fourth-order valence-electron chi connectivity index (χ4n) is 1.06. The molecule has 0 fully saturated rings. The third-order valence-electron chi connectivity index (χ3n) is 1.79. The van der Waals surface area contributed by atoms with Gasteiger partial charge in [0.1, 0.15) is 0 Å². The number of benzene rings is 1. The Balaban J connectivity index is 0.00000225. The van der Waals surface area contributed by atoms with Gasteiger partial charge < -0.3 is 15.1 Å². The molecule has 0 aliphatic heterocycles. The fraction of sp³-hybridized carbons (Fsp3) is 0.222. The Kier molecular flexibility index (Phi) is 7.15. The molecule has 1 aromatic carbocycles. The van der Waals surface area contributed by atoms with E-state index in [9.17, 15) is 14.3 Å². The van der Waals surface area contributed by atoms with Crippen LogP contribution in [-0.2, 0) is 11.0 Å². The van der Waals surface area contributed by atoms with Crippen LogP contribution in [0.15, 0.2) is 30.3 Å². The number of amides is 1. The molecule has 1 atom stereocenters. The molecule has 0 saturated carbocycles. The molecule has 7 heteroatoms. The standard InChI is InChI=1S/C9H12NO4P.Na/c11-9(15(12,13)14)10-7-6-8-4-2-1-3-5-8;/h1-5H,6-7H2,(H,10,11)(H2,12,13,14);/q;+1/p-1. The summed E-state index contributed by atoms with van der Waals surface area (Å²) in [5, 5.41) is 2.11. The molecule has 1 aromatic rings. The van der Waals surface area contributed by atoms with Gasteiger partial charge in [0.25, 0.3) is 5.65 Å². The summed E-state index contributed by atoms with van der Waals surface area (Å²) in [4.78, 5) is 29.4. The summed E-state index contributed by atoms with van der Waals surface area (Å²) in [6.45, 7) is 0.176. The SMILES string of the molecule is O=C(NCCc1ccccc1)P(=O)([O-])O.[Na+]. The monoisotopic (exact) mass is 251 g/mol. The van der Waals surface area contributed by atoms with Crippen molar-refractivity contribution in [1.82, 2.24) is 5.32 Å². The van der Waals surface area contributed by atoms with E-state index in [1.807, 2.05) is 30.3 Å². The van der Waals surface area contributed by atoms with Gasteiger partial charge in [-0.25, -0.2) is 0 Å². The molecule has 0 bridgehead atoms. The van der Waals surface area contributed by atoms with Crippen molar-refractivity contribution < 1.29 is 48.7 Å². The van der Waals surface area contributed by atoms with Crippen molar-refractivity contribution in [1.29, 1.82) is 0 Å². The molecule has 2 N–H and O–H groups in total. The zero-order valence-electron chi connectivity index (χ0n) is 8.92. The molecular weight excluding hydrogens is 240 g/mol. The topological polar surface area (TPSA) is 89.5 Å². The Labute approximate surface area is 116 Å². The summed E-state index contributed by atoms with van der Waals surface area (Å²) < 4.78 is 10.3. The smallest absolute Gasteiger partial charge is 0.772 e. The van der Waals surface area contributed by atoms with Crippen LogP contribution in [0, 0.1) is 0 Å². The molecule has 1 unspecified atom stereocenters. The summed E-state index contributed by atoms with van der Waals surface area (Å²) in [5.41, 5.74) is -0.352. The first-order chi connectivity index (χ1) is 7.00. The van der Waals surface area contributed by atoms with Crippen molar-refractivity contribution >= 4 is 13.2 Å². The van der Waals surface area contributed by atoms with Crippen LogP contribution in [0.3, 0.4) is 0 Å². The average molecular weight is 251 g/mol. The van der Waals surface area contributed by atoms with E-state index < -0.39 is 13.2 Å². The molecule has 1 rings (SSSR count). The van der Waals surface area contributed by atoms with Gasteiger partial charge in [0.05, 0.1) is 0 Å². The maximum absolute atomic E-state index is 10.7. The fourth-order valence-corrected chi connectivity index (χ4v) is 1.37. The van der Waals surface area contributed by atoms with E-state index in [1.165, 1.54) is 0 Å². The first kappa shape index (κ1) is 15.8. The van der Waals surface area contributed by atoms with Crippen LogP contribution in [0.25, 0.3) is 0 Å². The molecule has 1 amide bonds. The van der Waals surface area contributed by atoms with Gasteiger partial charge in [0.2, 0.25) is 7.60 Å². The summed E-state index contributed by atoms with van der Waals surface area (Å²) in [6.07, 6.45) is 0.520. The first-order valence-corrected chi connectivity index (χ1v) is 5.94. The van der Waals surface area contributed by atoms with E-state index in [0.717, 1.165) is 5.56 Å². The van der Waals surface area contributed by atoms with Crippen LogP contribution in [0.1, 0.15) is 5.56 Å². The van der Waals surface area contributed by atoms with Crippen molar-refractivity contribution in [3.63, 3.8) is 0 Å². The maximum atomic E-state index is 10.7. The maximum Gasteiger partial charge on any atom is 1.00 e. The van der Waals surface area contributed by atoms with E-state index in [0.29, 0.717) is 6.42 Å².